The molecular formula is C13H19N. The van der Waals surface area contributed by atoms with Gasteiger partial charge in [-0.3, -0.25) is 4.99 Å². The molecule has 0 aliphatic heterocycles. The van der Waals surface area contributed by atoms with E-state index >= 15 is 0 Å². The normalized spacial score (nSPS) is 44.1. The molecule has 0 spiro atoms. The number of hydrogen-bond donors (Lipinski definition) is 0. The van der Waals surface area contributed by atoms with Crippen LogP contribution in [0.4, 0.5) is 0 Å². The molecule has 1 heteroatoms. The summed E-state index contributed by atoms with van der Waals surface area (Å²) < 4.78 is 0. The molecule has 76 valence electrons. The number of nitrogens with zero attached hydrogens (tertiary/aromatic N) is 1. The molecule has 0 saturated heterocycles. The van der Waals surface area contributed by atoms with E-state index in [2.05, 4.69) is 6.58 Å². The molecule has 4 aliphatic carbocycles. The van der Waals surface area contributed by atoms with Gasteiger partial charge >= 0.3 is 0 Å². The van der Waals surface area contributed by atoms with Crippen LogP contribution in [0.3, 0.4) is 0 Å². The first-order valence-electron chi connectivity index (χ1n) is 6.02. The molecule has 4 aliphatic rings. The summed E-state index contributed by atoms with van der Waals surface area (Å²) in [5.74, 6) is 3.85. The fourth-order valence-corrected chi connectivity index (χ4v) is 4.10. The van der Waals surface area contributed by atoms with Crippen LogP contribution in [0, 0.1) is 23.7 Å². The Kier molecular flexibility index (Phi) is 2.00. The molecule has 14 heavy (non-hydrogen) atoms. The Morgan fingerprint density at radius 2 is 1.64 bits per heavy atom. The van der Waals surface area contributed by atoms with E-state index in [1.165, 1.54) is 32.1 Å². The van der Waals surface area contributed by atoms with Crippen molar-refractivity contribution in [1.82, 2.24) is 0 Å². The standard InChI is InChI=1S/C13H19N/c1-2-3-14-13-11-5-9-4-10(7-11)8-12(13)6-9/h2,9-12H,1,3-8H2. The van der Waals surface area contributed by atoms with Gasteiger partial charge in [0, 0.05) is 5.71 Å². The van der Waals surface area contributed by atoms with Gasteiger partial charge in [0.05, 0.1) is 6.54 Å². The average Bonchev–Trinajstić information content (AvgIpc) is 2.15. The van der Waals surface area contributed by atoms with Gasteiger partial charge in [-0.15, -0.1) is 6.58 Å². The Morgan fingerprint density at radius 3 is 2.14 bits per heavy atom. The minimum absolute atomic E-state index is 0.845. The fourth-order valence-electron chi connectivity index (χ4n) is 4.10. The highest BCUT2D eigenvalue weighted by molar-refractivity contribution is 5.90. The average molecular weight is 189 g/mol. The number of hydrogen-bond acceptors (Lipinski definition) is 1. The molecule has 4 saturated carbocycles. The van der Waals surface area contributed by atoms with Crippen LogP contribution in [-0.2, 0) is 0 Å². The van der Waals surface area contributed by atoms with E-state index in [9.17, 15) is 0 Å². The van der Waals surface area contributed by atoms with E-state index < -0.39 is 0 Å². The maximum Gasteiger partial charge on any atom is 0.0567 e. The van der Waals surface area contributed by atoms with Crippen molar-refractivity contribution in [2.24, 2.45) is 28.7 Å². The molecule has 4 rings (SSSR count). The van der Waals surface area contributed by atoms with Crippen LogP contribution in [0.15, 0.2) is 17.6 Å². The van der Waals surface area contributed by atoms with Gasteiger partial charge in [0.2, 0.25) is 0 Å². The zero-order chi connectivity index (χ0) is 9.54. The summed E-state index contributed by atoms with van der Waals surface area (Å²) in [6.45, 7) is 4.60. The lowest BCUT2D eigenvalue weighted by atomic mass is 9.55. The quantitative estimate of drug-likeness (QED) is 0.592. The summed E-state index contributed by atoms with van der Waals surface area (Å²) in [5, 5.41) is 0. The SMILES string of the molecule is C=CCN=C1C2CC3CC(C2)CC1C3. The van der Waals surface area contributed by atoms with E-state index in [4.69, 9.17) is 4.99 Å². The summed E-state index contributed by atoms with van der Waals surface area (Å²) in [6, 6.07) is 0. The molecule has 4 fully saturated rings. The second kappa shape index (κ2) is 3.22. The first-order chi connectivity index (χ1) is 6.86. The third kappa shape index (κ3) is 1.25. The number of aliphatic imine (C=N–C) groups is 1. The summed E-state index contributed by atoms with van der Waals surface area (Å²) in [6.07, 6.45) is 9.25. The third-order valence-corrected chi connectivity index (χ3v) is 4.38. The summed E-state index contributed by atoms with van der Waals surface area (Å²) in [4.78, 5) is 4.74. The zero-order valence-corrected chi connectivity index (χ0v) is 8.78. The van der Waals surface area contributed by atoms with Crippen molar-refractivity contribution < 1.29 is 0 Å². The highest BCUT2D eigenvalue weighted by Crippen LogP contribution is 2.52. The van der Waals surface area contributed by atoms with Gasteiger partial charge < -0.3 is 0 Å². The van der Waals surface area contributed by atoms with Gasteiger partial charge in [-0.1, -0.05) is 6.08 Å². The second-order valence-corrected chi connectivity index (χ2v) is 5.36. The van der Waals surface area contributed by atoms with Crippen molar-refractivity contribution in [2.45, 2.75) is 32.1 Å². The number of rotatable bonds is 2. The first kappa shape index (κ1) is 8.70. The highest BCUT2D eigenvalue weighted by Gasteiger charge is 2.45. The van der Waals surface area contributed by atoms with Crippen LogP contribution >= 0.6 is 0 Å². The zero-order valence-electron chi connectivity index (χ0n) is 8.78. The lowest BCUT2D eigenvalue weighted by Gasteiger charge is -2.50. The Hall–Kier alpha value is -0.590. The van der Waals surface area contributed by atoms with Gasteiger partial charge in [0.15, 0.2) is 0 Å². The molecule has 0 aromatic carbocycles. The van der Waals surface area contributed by atoms with Crippen LogP contribution in [0.5, 0.6) is 0 Å². The Morgan fingerprint density at radius 1 is 1.07 bits per heavy atom. The van der Waals surface area contributed by atoms with E-state index in [1.54, 1.807) is 5.71 Å². The van der Waals surface area contributed by atoms with E-state index in [1.807, 2.05) is 6.08 Å². The summed E-state index contributed by atoms with van der Waals surface area (Å²) >= 11 is 0. The van der Waals surface area contributed by atoms with Crippen molar-refractivity contribution in [3.8, 4) is 0 Å². The molecule has 0 atom stereocenters. The molecule has 0 heterocycles. The summed E-state index contributed by atoms with van der Waals surface area (Å²) in [7, 11) is 0. The Balaban J connectivity index is 1.84. The smallest absolute Gasteiger partial charge is 0.0567 e. The van der Waals surface area contributed by atoms with Crippen molar-refractivity contribution in [2.75, 3.05) is 6.54 Å². The Labute approximate surface area is 86.3 Å². The fraction of sp³-hybridized carbons (Fsp3) is 0.769. The van der Waals surface area contributed by atoms with Gasteiger partial charge in [0.25, 0.3) is 0 Å². The molecule has 0 radical (unpaired) electrons. The second-order valence-electron chi connectivity index (χ2n) is 5.36. The van der Waals surface area contributed by atoms with Crippen molar-refractivity contribution >= 4 is 5.71 Å². The molecule has 0 aromatic rings. The van der Waals surface area contributed by atoms with Gasteiger partial charge in [-0.25, -0.2) is 0 Å². The van der Waals surface area contributed by atoms with Crippen molar-refractivity contribution in [3.05, 3.63) is 12.7 Å². The van der Waals surface area contributed by atoms with Crippen LogP contribution in [0.1, 0.15) is 32.1 Å². The molecular weight excluding hydrogens is 170 g/mol. The van der Waals surface area contributed by atoms with E-state index in [0.717, 1.165) is 30.2 Å². The van der Waals surface area contributed by atoms with Crippen molar-refractivity contribution in [3.63, 3.8) is 0 Å². The molecule has 0 amide bonds. The minimum atomic E-state index is 0.845. The lowest BCUT2D eigenvalue weighted by Crippen LogP contribution is -2.45. The van der Waals surface area contributed by atoms with Crippen LogP contribution in [0.2, 0.25) is 0 Å². The minimum Gasteiger partial charge on any atom is -0.289 e. The van der Waals surface area contributed by atoms with E-state index in [-0.39, 0.29) is 0 Å². The van der Waals surface area contributed by atoms with E-state index in [0.29, 0.717) is 0 Å². The molecule has 0 N–H and O–H groups in total. The largest absolute Gasteiger partial charge is 0.289 e. The molecule has 1 nitrogen and oxygen atoms in total. The maximum atomic E-state index is 4.74. The lowest BCUT2D eigenvalue weighted by molar-refractivity contribution is 0.108. The third-order valence-electron chi connectivity index (χ3n) is 4.38. The van der Waals surface area contributed by atoms with Gasteiger partial charge in [0.1, 0.15) is 0 Å². The topological polar surface area (TPSA) is 12.4 Å². The highest BCUT2D eigenvalue weighted by atomic mass is 14.8. The monoisotopic (exact) mass is 189 g/mol. The predicted molar refractivity (Wildman–Crippen MR) is 59.5 cm³/mol. The van der Waals surface area contributed by atoms with Crippen molar-refractivity contribution in [1.29, 1.82) is 0 Å². The van der Waals surface area contributed by atoms with Gasteiger partial charge in [-0.2, -0.15) is 0 Å². The first-order valence-corrected chi connectivity index (χ1v) is 6.02. The Bertz CT molecular complexity index is 247. The van der Waals surface area contributed by atoms with Crippen LogP contribution < -0.4 is 0 Å². The van der Waals surface area contributed by atoms with Gasteiger partial charge in [-0.05, 0) is 55.8 Å². The molecule has 4 bridgehead atoms. The predicted octanol–water partition coefficient (Wildman–Crippen LogP) is 3.07. The maximum absolute atomic E-state index is 4.74. The van der Waals surface area contributed by atoms with Crippen LogP contribution in [0.25, 0.3) is 0 Å². The molecule has 0 aromatic heterocycles. The molecule has 0 unspecified atom stereocenters. The summed E-state index contributed by atoms with van der Waals surface area (Å²) in [5.41, 5.74) is 1.57. The van der Waals surface area contributed by atoms with Crippen LogP contribution in [-0.4, -0.2) is 12.3 Å².